The van der Waals surface area contributed by atoms with Crippen LogP contribution in [0.2, 0.25) is 0 Å². The molecule has 3 heterocycles. The second kappa shape index (κ2) is 8.67. The summed E-state index contributed by atoms with van der Waals surface area (Å²) in [5.74, 6) is 2.04. The number of pyridine rings is 1. The lowest BCUT2D eigenvalue weighted by Gasteiger charge is -2.33. The maximum Gasteiger partial charge on any atom is 0.270 e. The minimum Gasteiger partial charge on any atom is -0.497 e. The maximum absolute atomic E-state index is 12.9. The Morgan fingerprint density at radius 3 is 2.65 bits per heavy atom. The number of nitriles is 1. The van der Waals surface area contributed by atoms with E-state index >= 15 is 0 Å². The first-order valence-corrected chi connectivity index (χ1v) is 11.3. The van der Waals surface area contributed by atoms with Gasteiger partial charge in [-0.15, -0.1) is 0 Å². The molecule has 2 aromatic heterocycles. The van der Waals surface area contributed by atoms with Gasteiger partial charge in [0, 0.05) is 37.0 Å². The molecule has 172 valence electrons. The molecule has 0 saturated carbocycles. The molecule has 0 unspecified atom stereocenters. The fourth-order valence-corrected chi connectivity index (χ4v) is 4.75. The Bertz CT molecular complexity index is 1470. The van der Waals surface area contributed by atoms with Crippen molar-refractivity contribution in [3.05, 3.63) is 69.8 Å². The van der Waals surface area contributed by atoms with Gasteiger partial charge in [0.15, 0.2) is 0 Å². The van der Waals surface area contributed by atoms with Crippen LogP contribution in [0, 0.1) is 18.3 Å². The summed E-state index contributed by atoms with van der Waals surface area (Å²) in [6, 6.07) is 15.7. The van der Waals surface area contributed by atoms with Gasteiger partial charge in [-0.3, -0.25) is 4.79 Å². The predicted octanol–water partition coefficient (Wildman–Crippen LogP) is 4.16. The van der Waals surface area contributed by atoms with Crippen molar-refractivity contribution < 1.29 is 9.26 Å². The van der Waals surface area contributed by atoms with Crippen molar-refractivity contribution in [3.8, 4) is 23.2 Å². The quantitative estimate of drug-likeness (QED) is 0.456. The predicted molar refractivity (Wildman–Crippen MR) is 129 cm³/mol. The highest BCUT2D eigenvalue weighted by atomic mass is 16.5. The summed E-state index contributed by atoms with van der Waals surface area (Å²) in [5, 5.41) is 14.9. The smallest absolute Gasteiger partial charge is 0.270 e. The Morgan fingerprint density at radius 2 is 1.94 bits per heavy atom. The van der Waals surface area contributed by atoms with E-state index in [4.69, 9.17) is 9.26 Å². The molecule has 8 nitrogen and oxygen atoms in total. The van der Waals surface area contributed by atoms with E-state index in [1.54, 1.807) is 14.2 Å². The summed E-state index contributed by atoms with van der Waals surface area (Å²) < 4.78 is 12.6. The van der Waals surface area contributed by atoms with E-state index in [1.165, 1.54) is 4.57 Å². The lowest BCUT2D eigenvalue weighted by molar-refractivity contribution is 0.329. The zero-order valence-electron chi connectivity index (χ0n) is 19.4. The number of methoxy groups -OCH3 is 1. The first-order chi connectivity index (χ1) is 16.5. The molecule has 34 heavy (non-hydrogen) atoms. The number of anilines is 1. The molecular formula is C26H25N5O3. The van der Waals surface area contributed by atoms with Crippen molar-refractivity contribution in [2.45, 2.75) is 25.7 Å². The van der Waals surface area contributed by atoms with Crippen LogP contribution in [0.3, 0.4) is 0 Å². The number of nitrogens with zero attached hydrogens (tertiary/aromatic N) is 5. The lowest BCUT2D eigenvalue weighted by atomic mass is 9.95. The van der Waals surface area contributed by atoms with E-state index in [9.17, 15) is 10.1 Å². The standard InChI is InChI=1S/C26H25N5O3/c1-16-6-4-5-7-19(16)24-28-25(34-29-24)17-10-12-31(13-11-17)23-20-14-18(33-3)8-9-22(20)30(2)26(32)21(23)15-27/h4-9,14,17H,10-13H2,1-3H3. The SMILES string of the molecule is COc1ccc2c(c1)c(N1CCC(c3nc(-c4ccccc4C)no3)CC1)c(C#N)c(=O)n2C. The molecule has 0 radical (unpaired) electrons. The molecule has 1 aliphatic heterocycles. The van der Waals surface area contributed by atoms with Crippen LogP contribution in [0.4, 0.5) is 5.69 Å². The highest BCUT2D eigenvalue weighted by molar-refractivity contribution is 5.95. The highest BCUT2D eigenvalue weighted by Crippen LogP contribution is 2.36. The molecule has 5 rings (SSSR count). The van der Waals surface area contributed by atoms with Gasteiger partial charge in [-0.05, 0) is 43.5 Å². The van der Waals surface area contributed by atoms with Crippen molar-refractivity contribution >= 4 is 16.6 Å². The van der Waals surface area contributed by atoms with Crippen LogP contribution in [0.25, 0.3) is 22.3 Å². The second-order valence-electron chi connectivity index (χ2n) is 8.62. The van der Waals surface area contributed by atoms with E-state index < -0.39 is 0 Å². The summed E-state index contributed by atoms with van der Waals surface area (Å²) in [6.07, 6.45) is 1.56. The molecule has 1 aliphatic rings. The Hall–Kier alpha value is -4.12. The largest absolute Gasteiger partial charge is 0.497 e. The number of aromatic nitrogens is 3. The van der Waals surface area contributed by atoms with Gasteiger partial charge in [-0.1, -0.05) is 29.4 Å². The van der Waals surface area contributed by atoms with Crippen molar-refractivity contribution in [2.75, 3.05) is 25.1 Å². The summed E-state index contributed by atoms with van der Waals surface area (Å²) in [6.45, 7) is 3.36. The zero-order valence-corrected chi connectivity index (χ0v) is 19.4. The first-order valence-electron chi connectivity index (χ1n) is 11.3. The van der Waals surface area contributed by atoms with Crippen molar-refractivity contribution in [3.63, 3.8) is 0 Å². The summed E-state index contributed by atoms with van der Waals surface area (Å²) >= 11 is 0. The van der Waals surface area contributed by atoms with Crippen LogP contribution >= 0.6 is 0 Å². The molecule has 0 bridgehead atoms. The normalized spacial score (nSPS) is 14.4. The van der Waals surface area contributed by atoms with Crippen LogP contribution in [0.5, 0.6) is 5.75 Å². The Morgan fingerprint density at radius 1 is 1.18 bits per heavy atom. The van der Waals surface area contributed by atoms with Crippen molar-refractivity contribution in [2.24, 2.45) is 7.05 Å². The van der Waals surface area contributed by atoms with Gasteiger partial charge in [-0.2, -0.15) is 10.2 Å². The van der Waals surface area contributed by atoms with Crippen molar-refractivity contribution in [1.82, 2.24) is 14.7 Å². The minimum absolute atomic E-state index is 0.124. The molecule has 2 aromatic carbocycles. The number of benzene rings is 2. The number of hydrogen-bond acceptors (Lipinski definition) is 7. The molecule has 1 fully saturated rings. The lowest BCUT2D eigenvalue weighted by Crippen LogP contribution is -2.35. The van der Waals surface area contributed by atoms with Gasteiger partial charge in [0.05, 0.1) is 18.3 Å². The Kier molecular flexibility index (Phi) is 5.54. The van der Waals surface area contributed by atoms with E-state index in [0.717, 1.165) is 34.9 Å². The van der Waals surface area contributed by atoms with Crippen LogP contribution < -0.4 is 15.2 Å². The third-order valence-corrected chi connectivity index (χ3v) is 6.68. The highest BCUT2D eigenvalue weighted by Gasteiger charge is 2.29. The van der Waals surface area contributed by atoms with Crippen molar-refractivity contribution in [1.29, 1.82) is 5.26 Å². The summed E-state index contributed by atoms with van der Waals surface area (Å²) in [5.41, 5.74) is 3.36. The maximum atomic E-state index is 12.9. The van der Waals surface area contributed by atoms with Gasteiger partial charge in [0.2, 0.25) is 11.7 Å². The molecule has 0 aliphatic carbocycles. The molecular weight excluding hydrogens is 430 g/mol. The average molecular weight is 456 g/mol. The molecule has 4 aromatic rings. The van der Waals surface area contributed by atoms with E-state index in [-0.39, 0.29) is 17.0 Å². The van der Waals surface area contributed by atoms with Gasteiger partial charge in [0.1, 0.15) is 17.4 Å². The third-order valence-electron chi connectivity index (χ3n) is 6.68. The number of rotatable bonds is 4. The number of piperidine rings is 1. The summed E-state index contributed by atoms with van der Waals surface area (Å²) in [7, 11) is 3.30. The van der Waals surface area contributed by atoms with Crippen LogP contribution in [0.15, 0.2) is 51.8 Å². The van der Waals surface area contributed by atoms with Gasteiger partial charge < -0.3 is 18.7 Å². The van der Waals surface area contributed by atoms with Crippen LogP contribution in [0.1, 0.15) is 35.8 Å². The van der Waals surface area contributed by atoms with Crippen LogP contribution in [-0.2, 0) is 7.05 Å². The minimum atomic E-state index is -0.294. The fourth-order valence-electron chi connectivity index (χ4n) is 4.75. The van der Waals surface area contributed by atoms with E-state index in [0.29, 0.717) is 36.2 Å². The molecule has 0 spiro atoms. The van der Waals surface area contributed by atoms with Gasteiger partial charge in [-0.25, -0.2) is 0 Å². The third kappa shape index (κ3) is 3.59. The average Bonchev–Trinajstić information content (AvgIpc) is 3.36. The number of aryl methyl sites for hydroxylation is 2. The van der Waals surface area contributed by atoms with Gasteiger partial charge >= 0.3 is 0 Å². The molecule has 0 atom stereocenters. The number of fused-ring (bicyclic) bond motifs is 1. The topological polar surface area (TPSA) is 97.2 Å². The molecule has 1 saturated heterocycles. The number of hydrogen-bond donors (Lipinski definition) is 0. The fraction of sp³-hybridized carbons (Fsp3) is 0.308. The molecule has 8 heteroatoms. The van der Waals surface area contributed by atoms with E-state index in [2.05, 4.69) is 21.1 Å². The van der Waals surface area contributed by atoms with Gasteiger partial charge in [0.25, 0.3) is 5.56 Å². The first kappa shape index (κ1) is 21.7. The van der Waals surface area contributed by atoms with E-state index in [1.807, 2.05) is 49.4 Å². The van der Waals surface area contributed by atoms with Crippen LogP contribution in [-0.4, -0.2) is 34.9 Å². The molecule has 0 amide bonds. The second-order valence-corrected chi connectivity index (χ2v) is 8.62. The molecule has 0 N–H and O–H groups in total. The zero-order chi connectivity index (χ0) is 23.8. The number of ether oxygens (including phenoxy) is 1. The Balaban J connectivity index is 1.45. The Labute approximate surface area is 197 Å². The monoisotopic (exact) mass is 455 g/mol. The summed E-state index contributed by atoms with van der Waals surface area (Å²) in [4.78, 5) is 19.7.